The monoisotopic (exact) mass is 482 g/mol. The Labute approximate surface area is 216 Å². The maximum absolute atomic E-state index is 5.80. The lowest BCUT2D eigenvalue weighted by Crippen LogP contribution is -2.29. The standard InChI is InChI=1S/C32H54N2O/c1-3-5-7-9-25-10-12-26(13-11-25)27-14-16-28(17-15-27)29-18-20-30(21-19-29)32-33-23-31(24-34-32)35-22-8-6-4-2/h23-30H,3-22H2,1-2H3. The second-order valence-electron chi connectivity index (χ2n) is 12.4. The average molecular weight is 483 g/mol. The van der Waals surface area contributed by atoms with E-state index in [9.17, 15) is 0 Å². The third-order valence-corrected chi connectivity index (χ3v) is 10.1. The van der Waals surface area contributed by atoms with E-state index in [2.05, 4.69) is 13.8 Å². The van der Waals surface area contributed by atoms with E-state index in [1.54, 1.807) is 12.8 Å². The van der Waals surface area contributed by atoms with Gasteiger partial charge in [-0.15, -0.1) is 0 Å². The maximum atomic E-state index is 5.80. The molecule has 0 bridgehead atoms. The van der Waals surface area contributed by atoms with Crippen molar-refractivity contribution < 1.29 is 4.74 Å². The fraction of sp³-hybridized carbons (Fsp3) is 0.875. The lowest BCUT2D eigenvalue weighted by atomic mass is 9.65. The van der Waals surface area contributed by atoms with Gasteiger partial charge in [0.1, 0.15) is 5.82 Å². The summed E-state index contributed by atoms with van der Waals surface area (Å²) in [5.74, 6) is 7.57. The first-order valence-electron chi connectivity index (χ1n) is 15.7. The van der Waals surface area contributed by atoms with Crippen LogP contribution in [-0.4, -0.2) is 16.6 Å². The van der Waals surface area contributed by atoms with Crippen LogP contribution in [0.4, 0.5) is 0 Å². The van der Waals surface area contributed by atoms with Gasteiger partial charge < -0.3 is 4.74 Å². The molecular weight excluding hydrogens is 428 g/mol. The minimum atomic E-state index is 0.559. The van der Waals surface area contributed by atoms with Crippen LogP contribution in [-0.2, 0) is 0 Å². The highest BCUT2D eigenvalue weighted by Crippen LogP contribution is 2.47. The number of aromatic nitrogens is 2. The Kier molecular flexibility index (Phi) is 11.2. The molecule has 0 spiro atoms. The van der Waals surface area contributed by atoms with E-state index in [-0.39, 0.29) is 0 Å². The number of rotatable bonds is 12. The van der Waals surface area contributed by atoms with E-state index in [1.165, 1.54) is 103 Å². The van der Waals surface area contributed by atoms with Crippen molar-refractivity contribution in [3.05, 3.63) is 18.2 Å². The van der Waals surface area contributed by atoms with Gasteiger partial charge in [-0.25, -0.2) is 9.97 Å². The van der Waals surface area contributed by atoms with E-state index < -0.39 is 0 Å². The third-order valence-electron chi connectivity index (χ3n) is 10.1. The number of hydrogen-bond acceptors (Lipinski definition) is 3. The van der Waals surface area contributed by atoms with Gasteiger partial charge in [-0.1, -0.05) is 65.2 Å². The predicted molar refractivity (Wildman–Crippen MR) is 147 cm³/mol. The molecule has 3 heteroatoms. The van der Waals surface area contributed by atoms with Crippen molar-refractivity contribution in [2.45, 2.75) is 142 Å². The summed E-state index contributed by atoms with van der Waals surface area (Å²) in [6, 6.07) is 0. The zero-order valence-electron chi connectivity index (χ0n) is 23.1. The van der Waals surface area contributed by atoms with Gasteiger partial charge >= 0.3 is 0 Å². The van der Waals surface area contributed by atoms with Gasteiger partial charge in [0, 0.05) is 5.92 Å². The molecule has 3 aliphatic carbocycles. The number of ether oxygens (including phenoxy) is 1. The van der Waals surface area contributed by atoms with E-state index in [0.717, 1.165) is 54.2 Å². The molecule has 0 unspecified atom stereocenters. The van der Waals surface area contributed by atoms with Gasteiger partial charge in [0.25, 0.3) is 0 Å². The number of unbranched alkanes of at least 4 members (excludes halogenated alkanes) is 4. The molecule has 3 saturated carbocycles. The molecule has 3 nitrogen and oxygen atoms in total. The molecular formula is C32H54N2O. The van der Waals surface area contributed by atoms with Crippen molar-refractivity contribution in [1.29, 1.82) is 0 Å². The molecule has 1 aromatic rings. The van der Waals surface area contributed by atoms with Crippen LogP contribution in [0.25, 0.3) is 0 Å². The normalized spacial score (nSPS) is 31.8. The fourth-order valence-corrected chi connectivity index (χ4v) is 7.72. The molecule has 3 aliphatic rings. The average Bonchev–Trinajstić information content (AvgIpc) is 2.92. The van der Waals surface area contributed by atoms with Gasteiger partial charge in [0.15, 0.2) is 5.75 Å². The molecule has 1 aromatic heterocycles. The Hall–Kier alpha value is -1.12. The largest absolute Gasteiger partial charge is 0.490 e. The summed E-state index contributed by atoms with van der Waals surface area (Å²) in [6.07, 6.45) is 30.7. The molecule has 35 heavy (non-hydrogen) atoms. The Morgan fingerprint density at radius 3 is 1.66 bits per heavy atom. The molecule has 0 N–H and O–H groups in total. The Bertz CT molecular complexity index is 680. The quantitative estimate of drug-likeness (QED) is 0.278. The second-order valence-corrected chi connectivity index (χ2v) is 12.4. The maximum Gasteiger partial charge on any atom is 0.155 e. The molecule has 1 heterocycles. The summed E-state index contributed by atoms with van der Waals surface area (Å²) in [4.78, 5) is 9.38. The lowest BCUT2D eigenvalue weighted by Gasteiger charge is -2.41. The van der Waals surface area contributed by atoms with Gasteiger partial charge in [-0.3, -0.25) is 0 Å². The zero-order valence-corrected chi connectivity index (χ0v) is 23.1. The van der Waals surface area contributed by atoms with Gasteiger partial charge in [-0.05, 0) is 100 Å². The minimum absolute atomic E-state index is 0.559. The third kappa shape index (κ3) is 8.19. The zero-order chi connectivity index (χ0) is 24.3. The van der Waals surface area contributed by atoms with Crippen molar-refractivity contribution in [1.82, 2.24) is 9.97 Å². The summed E-state index contributed by atoms with van der Waals surface area (Å²) in [6.45, 7) is 5.33. The lowest BCUT2D eigenvalue weighted by molar-refractivity contribution is 0.108. The molecule has 198 valence electrons. The van der Waals surface area contributed by atoms with Crippen LogP contribution >= 0.6 is 0 Å². The van der Waals surface area contributed by atoms with Crippen molar-refractivity contribution in [2.24, 2.45) is 29.6 Å². The van der Waals surface area contributed by atoms with Crippen molar-refractivity contribution >= 4 is 0 Å². The van der Waals surface area contributed by atoms with Crippen molar-refractivity contribution in [3.63, 3.8) is 0 Å². The molecule has 0 radical (unpaired) electrons. The van der Waals surface area contributed by atoms with Crippen LogP contribution in [0.15, 0.2) is 12.4 Å². The molecule has 0 saturated heterocycles. The van der Waals surface area contributed by atoms with Crippen LogP contribution in [0, 0.1) is 29.6 Å². The van der Waals surface area contributed by atoms with Crippen LogP contribution in [0.3, 0.4) is 0 Å². The van der Waals surface area contributed by atoms with E-state index in [0.29, 0.717) is 5.92 Å². The Morgan fingerprint density at radius 1 is 0.629 bits per heavy atom. The second kappa shape index (κ2) is 14.6. The fourth-order valence-electron chi connectivity index (χ4n) is 7.72. The molecule has 0 aliphatic heterocycles. The van der Waals surface area contributed by atoms with Crippen molar-refractivity contribution in [3.8, 4) is 5.75 Å². The summed E-state index contributed by atoms with van der Waals surface area (Å²) in [5.41, 5.74) is 0. The summed E-state index contributed by atoms with van der Waals surface area (Å²) in [5, 5.41) is 0. The SMILES string of the molecule is CCCCCOc1cnc(C2CCC(C3CCC(C4CCC(CCCCC)CC4)CC3)CC2)nc1. The first kappa shape index (κ1) is 26.9. The number of hydrogen-bond donors (Lipinski definition) is 0. The predicted octanol–water partition coefficient (Wildman–Crippen LogP) is 9.51. The van der Waals surface area contributed by atoms with Crippen molar-refractivity contribution in [2.75, 3.05) is 6.61 Å². The van der Waals surface area contributed by atoms with Gasteiger partial charge in [0.2, 0.25) is 0 Å². The minimum Gasteiger partial charge on any atom is -0.490 e. The van der Waals surface area contributed by atoms with Crippen LogP contribution in [0.2, 0.25) is 0 Å². The van der Waals surface area contributed by atoms with Crippen LogP contribution in [0.5, 0.6) is 5.75 Å². The van der Waals surface area contributed by atoms with Gasteiger partial charge in [-0.2, -0.15) is 0 Å². The molecule has 0 atom stereocenters. The Morgan fingerprint density at radius 2 is 1.11 bits per heavy atom. The first-order valence-corrected chi connectivity index (χ1v) is 15.7. The highest BCUT2D eigenvalue weighted by atomic mass is 16.5. The van der Waals surface area contributed by atoms with E-state index in [4.69, 9.17) is 14.7 Å². The van der Waals surface area contributed by atoms with E-state index >= 15 is 0 Å². The first-order chi connectivity index (χ1) is 17.3. The molecule has 0 aromatic carbocycles. The Balaban J connectivity index is 1.12. The highest BCUT2D eigenvalue weighted by Gasteiger charge is 2.35. The van der Waals surface area contributed by atoms with Gasteiger partial charge in [0.05, 0.1) is 19.0 Å². The number of nitrogens with zero attached hydrogens (tertiary/aromatic N) is 2. The smallest absolute Gasteiger partial charge is 0.155 e. The van der Waals surface area contributed by atoms with Crippen LogP contribution < -0.4 is 4.74 Å². The molecule has 3 fully saturated rings. The topological polar surface area (TPSA) is 35.0 Å². The summed E-state index contributed by atoms with van der Waals surface area (Å²) >= 11 is 0. The molecule has 4 rings (SSSR count). The molecule has 0 amide bonds. The van der Waals surface area contributed by atoms with Crippen LogP contribution in [0.1, 0.15) is 148 Å². The summed E-state index contributed by atoms with van der Waals surface area (Å²) < 4.78 is 5.80. The summed E-state index contributed by atoms with van der Waals surface area (Å²) in [7, 11) is 0. The highest BCUT2D eigenvalue weighted by molar-refractivity contribution is 5.14. The van der Waals surface area contributed by atoms with E-state index in [1.807, 2.05) is 12.4 Å².